The van der Waals surface area contributed by atoms with Crippen molar-refractivity contribution in [2.75, 3.05) is 13.3 Å². The van der Waals surface area contributed by atoms with Crippen molar-refractivity contribution < 1.29 is 36.9 Å². The summed E-state index contributed by atoms with van der Waals surface area (Å²) < 4.78 is 55.0. The van der Waals surface area contributed by atoms with Gasteiger partial charge in [0.25, 0.3) is 0 Å². The van der Waals surface area contributed by atoms with Gasteiger partial charge in [-0.2, -0.15) is 17.6 Å². The molecule has 0 bridgehead atoms. The Balaban J connectivity index is 0.000000399. The molecule has 0 heterocycles. The third-order valence-electron chi connectivity index (χ3n) is 3.72. The number of alkyl halides is 4. The molecule has 4 nitrogen and oxygen atoms in total. The lowest BCUT2D eigenvalue weighted by Crippen LogP contribution is -2.25. The van der Waals surface area contributed by atoms with E-state index in [4.69, 9.17) is 5.11 Å². The molecule has 0 aromatic rings. The summed E-state index contributed by atoms with van der Waals surface area (Å²) >= 11 is 0. The number of hydrogen-bond donors (Lipinski definition) is 1. The molecule has 2 aliphatic rings. The van der Waals surface area contributed by atoms with Gasteiger partial charge in [-0.15, -0.1) is 8.58 Å². The lowest BCUT2D eigenvalue weighted by molar-refractivity contribution is -0.173. The average molecular weight is 392 g/mol. The molecule has 0 aromatic carbocycles. The van der Waals surface area contributed by atoms with Gasteiger partial charge in [0, 0.05) is 12.8 Å². The summed E-state index contributed by atoms with van der Waals surface area (Å²) in [6.45, 7) is -1.07. The predicted molar refractivity (Wildman–Crippen MR) is 89.9 cm³/mol. The van der Waals surface area contributed by atoms with E-state index >= 15 is 0 Å². The van der Waals surface area contributed by atoms with E-state index in [0.29, 0.717) is 51.4 Å². The first kappa shape index (κ1) is 24.7. The molecule has 0 atom stereocenters. The van der Waals surface area contributed by atoms with Crippen LogP contribution in [-0.4, -0.2) is 55.8 Å². The van der Waals surface area contributed by atoms with Gasteiger partial charge in [0.1, 0.15) is 5.78 Å². The number of carbonyl (C=O) groups excluding carboxylic acids is 1. The van der Waals surface area contributed by atoms with Crippen LogP contribution in [0.25, 0.3) is 0 Å². The highest BCUT2D eigenvalue weighted by atomic mass is 31.1. The number of carbonyl (C=O) groups is 1. The Bertz CT molecular complexity index is 330. The molecule has 0 amide bonds. The number of ether oxygens (including phenoxy) is 2. The zero-order chi connectivity index (χ0) is 19.2. The van der Waals surface area contributed by atoms with Crippen molar-refractivity contribution in [3.63, 3.8) is 0 Å². The Morgan fingerprint density at radius 2 is 1.24 bits per heavy atom. The number of halogens is 4. The second-order valence-corrected chi connectivity index (χ2v) is 6.96. The first-order chi connectivity index (χ1) is 11.8. The standard InChI is InChI=1S/C7H12F2O2.C7H10F2O2.C2H7P/c2*8-7(9)11-6-3-1-5(10)2-4-6;1-3-2/h5-7,10H,1-4H2;6-7H,1-4H2;3H,1-2H3. The summed E-state index contributed by atoms with van der Waals surface area (Å²) in [7, 11) is 1.08. The number of ketones is 1. The van der Waals surface area contributed by atoms with Gasteiger partial charge >= 0.3 is 13.2 Å². The molecule has 2 fully saturated rings. The van der Waals surface area contributed by atoms with Crippen molar-refractivity contribution in [3.8, 4) is 0 Å². The average Bonchev–Trinajstić information content (AvgIpc) is 2.52. The Kier molecular flexibility index (Phi) is 14.6. The van der Waals surface area contributed by atoms with E-state index in [1.807, 2.05) is 0 Å². The maximum absolute atomic E-state index is 11.6. The van der Waals surface area contributed by atoms with E-state index in [0.717, 1.165) is 8.58 Å². The van der Waals surface area contributed by atoms with Gasteiger partial charge in [0.2, 0.25) is 0 Å². The first-order valence-electron chi connectivity index (χ1n) is 8.43. The first-order valence-corrected chi connectivity index (χ1v) is 10.4. The van der Waals surface area contributed by atoms with Crippen molar-refractivity contribution in [2.45, 2.75) is 82.9 Å². The quantitative estimate of drug-likeness (QED) is 0.576. The Hall–Kier alpha value is -0.300. The summed E-state index contributed by atoms with van der Waals surface area (Å²) in [6, 6.07) is 0. The lowest BCUT2D eigenvalue weighted by atomic mass is 9.95. The molecule has 2 aliphatic carbocycles. The van der Waals surface area contributed by atoms with Crippen LogP contribution in [0.15, 0.2) is 0 Å². The molecule has 0 aliphatic heterocycles. The minimum atomic E-state index is -2.70. The van der Waals surface area contributed by atoms with Gasteiger partial charge in [-0.3, -0.25) is 4.79 Å². The van der Waals surface area contributed by atoms with E-state index in [2.05, 4.69) is 22.8 Å². The molecule has 2 saturated carbocycles. The minimum Gasteiger partial charge on any atom is -0.393 e. The van der Waals surface area contributed by atoms with Crippen molar-refractivity contribution in [2.24, 2.45) is 0 Å². The molecular formula is C16H29F4O4P. The highest BCUT2D eigenvalue weighted by Crippen LogP contribution is 2.22. The molecule has 0 aromatic heterocycles. The number of Topliss-reactive ketones (excluding diaryl/α,β-unsaturated/α-hetero) is 1. The zero-order valence-electron chi connectivity index (χ0n) is 14.7. The number of rotatable bonds is 4. The van der Waals surface area contributed by atoms with Crippen LogP contribution in [-0.2, 0) is 14.3 Å². The van der Waals surface area contributed by atoms with Crippen LogP contribution < -0.4 is 0 Å². The second-order valence-electron chi connectivity index (χ2n) is 5.96. The highest BCUT2D eigenvalue weighted by Gasteiger charge is 2.22. The van der Waals surface area contributed by atoms with Crippen LogP contribution in [0.2, 0.25) is 0 Å². The number of aliphatic hydroxyl groups excluding tert-OH is 1. The van der Waals surface area contributed by atoms with Crippen molar-refractivity contribution in [1.29, 1.82) is 0 Å². The predicted octanol–water partition coefficient (Wildman–Crippen LogP) is 4.19. The molecule has 2 rings (SSSR count). The highest BCUT2D eigenvalue weighted by molar-refractivity contribution is 7.35. The van der Waals surface area contributed by atoms with Crippen LogP contribution in [0, 0.1) is 0 Å². The molecule has 0 saturated heterocycles. The van der Waals surface area contributed by atoms with Crippen molar-refractivity contribution in [1.82, 2.24) is 0 Å². The summed E-state index contributed by atoms with van der Waals surface area (Å²) in [5.74, 6) is 0.152. The van der Waals surface area contributed by atoms with Crippen LogP contribution in [0.1, 0.15) is 51.4 Å². The fourth-order valence-corrected chi connectivity index (χ4v) is 2.52. The van der Waals surface area contributed by atoms with E-state index in [9.17, 15) is 22.4 Å². The third kappa shape index (κ3) is 14.5. The molecule has 9 heteroatoms. The lowest BCUT2D eigenvalue weighted by Gasteiger charge is -2.24. The smallest absolute Gasteiger partial charge is 0.345 e. The summed E-state index contributed by atoms with van der Waals surface area (Å²) in [5, 5.41) is 9.02. The van der Waals surface area contributed by atoms with Crippen LogP contribution in [0.5, 0.6) is 0 Å². The third-order valence-corrected chi connectivity index (χ3v) is 3.72. The van der Waals surface area contributed by atoms with Gasteiger partial charge in [0.15, 0.2) is 0 Å². The van der Waals surface area contributed by atoms with Gasteiger partial charge < -0.3 is 14.6 Å². The van der Waals surface area contributed by atoms with Crippen molar-refractivity contribution in [3.05, 3.63) is 0 Å². The SMILES string of the molecule is CPC.O=C1CCC(OC(F)F)CC1.OC1CCC(OC(F)F)CC1. The zero-order valence-corrected chi connectivity index (χ0v) is 15.7. The Labute approximate surface area is 148 Å². The van der Waals surface area contributed by atoms with Gasteiger partial charge in [-0.05, 0) is 51.9 Å². The maximum atomic E-state index is 11.6. The summed E-state index contributed by atoms with van der Waals surface area (Å²) in [4.78, 5) is 10.7. The maximum Gasteiger partial charge on any atom is 0.345 e. The normalized spacial score (nSPS) is 24.4. The molecule has 0 radical (unpaired) electrons. The van der Waals surface area contributed by atoms with Gasteiger partial charge in [-0.1, -0.05) is 0 Å². The monoisotopic (exact) mass is 392 g/mol. The molecule has 0 unspecified atom stereocenters. The Morgan fingerprint density at radius 3 is 1.60 bits per heavy atom. The number of hydrogen-bond acceptors (Lipinski definition) is 4. The van der Waals surface area contributed by atoms with Gasteiger partial charge in [0.05, 0.1) is 18.3 Å². The molecule has 150 valence electrons. The minimum absolute atomic E-state index is 0.152. The molecule has 1 N–H and O–H groups in total. The van der Waals surface area contributed by atoms with Gasteiger partial charge in [-0.25, -0.2) is 0 Å². The fraction of sp³-hybridized carbons (Fsp3) is 0.938. The fourth-order valence-electron chi connectivity index (χ4n) is 2.52. The Morgan fingerprint density at radius 1 is 0.880 bits per heavy atom. The molecule has 25 heavy (non-hydrogen) atoms. The van der Waals surface area contributed by atoms with E-state index in [1.165, 1.54) is 0 Å². The molecule has 0 spiro atoms. The van der Waals surface area contributed by atoms with Crippen LogP contribution >= 0.6 is 8.58 Å². The topological polar surface area (TPSA) is 55.8 Å². The van der Waals surface area contributed by atoms with Crippen LogP contribution in [0.3, 0.4) is 0 Å². The summed E-state index contributed by atoms with van der Waals surface area (Å²) in [6.07, 6.45) is 2.85. The summed E-state index contributed by atoms with van der Waals surface area (Å²) in [5.41, 5.74) is 0. The van der Waals surface area contributed by atoms with E-state index in [1.54, 1.807) is 0 Å². The van der Waals surface area contributed by atoms with Crippen molar-refractivity contribution >= 4 is 14.4 Å². The molecular weight excluding hydrogens is 363 g/mol. The second kappa shape index (κ2) is 14.8. The largest absolute Gasteiger partial charge is 0.393 e. The number of aliphatic hydroxyl groups is 1. The van der Waals surface area contributed by atoms with Crippen LogP contribution in [0.4, 0.5) is 17.6 Å². The van der Waals surface area contributed by atoms with E-state index < -0.39 is 19.3 Å². The van der Waals surface area contributed by atoms with E-state index in [-0.39, 0.29) is 18.0 Å².